The molecule has 0 spiro atoms. The SMILES string of the molecule is CC(C)(C)c1ccc([C@@H]2CNC[C@H]2C(=O)NCCc2ccccc2)cc1. The van der Waals surface area contributed by atoms with E-state index in [0.29, 0.717) is 6.54 Å². The van der Waals surface area contributed by atoms with Gasteiger partial charge in [-0.25, -0.2) is 0 Å². The fourth-order valence-electron chi connectivity index (χ4n) is 3.64. The molecule has 26 heavy (non-hydrogen) atoms. The first-order valence-corrected chi connectivity index (χ1v) is 9.58. The van der Waals surface area contributed by atoms with Crippen LogP contribution in [0.2, 0.25) is 0 Å². The minimum Gasteiger partial charge on any atom is -0.355 e. The molecule has 1 saturated heterocycles. The summed E-state index contributed by atoms with van der Waals surface area (Å²) in [6.07, 6.45) is 0.873. The molecule has 1 amide bonds. The van der Waals surface area contributed by atoms with Crippen molar-refractivity contribution in [3.63, 3.8) is 0 Å². The Balaban J connectivity index is 1.59. The van der Waals surface area contributed by atoms with Gasteiger partial charge in [0.05, 0.1) is 5.92 Å². The molecular formula is C23H30N2O. The van der Waals surface area contributed by atoms with Crippen LogP contribution in [0.5, 0.6) is 0 Å². The Morgan fingerprint density at radius 1 is 1.04 bits per heavy atom. The minimum atomic E-state index is 0.00580. The van der Waals surface area contributed by atoms with E-state index in [1.807, 2.05) is 18.2 Å². The lowest BCUT2D eigenvalue weighted by Crippen LogP contribution is -2.35. The fraction of sp³-hybridized carbons (Fsp3) is 0.435. The first-order valence-electron chi connectivity index (χ1n) is 9.58. The van der Waals surface area contributed by atoms with Crippen molar-refractivity contribution in [2.24, 2.45) is 5.92 Å². The Bertz CT molecular complexity index is 716. The van der Waals surface area contributed by atoms with Crippen molar-refractivity contribution in [1.82, 2.24) is 10.6 Å². The lowest BCUT2D eigenvalue weighted by molar-refractivity contribution is -0.124. The van der Waals surface area contributed by atoms with E-state index in [0.717, 1.165) is 19.5 Å². The minimum absolute atomic E-state index is 0.00580. The van der Waals surface area contributed by atoms with Crippen molar-refractivity contribution in [3.8, 4) is 0 Å². The van der Waals surface area contributed by atoms with Crippen LogP contribution in [0.1, 0.15) is 43.4 Å². The molecule has 0 saturated carbocycles. The lowest BCUT2D eigenvalue weighted by Gasteiger charge is -2.22. The largest absolute Gasteiger partial charge is 0.355 e. The molecule has 3 heteroatoms. The first kappa shape index (κ1) is 18.7. The summed E-state index contributed by atoms with van der Waals surface area (Å²) in [6, 6.07) is 19.1. The van der Waals surface area contributed by atoms with Crippen LogP contribution in [0.3, 0.4) is 0 Å². The van der Waals surface area contributed by atoms with Crippen molar-refractivity contribution >= 4 is 5.91 Å². The second-order valence-electron chi connectivity index (χ2n) is 8.27. The van der Waals surface area contributed by atoms with Gasteiger partial charge in [0, 0.05) is 25.6 Å². The molecule has 1 aliphatic heterocycles. The van der Waals surface area contributed by atoms with Crippen molar-refractivity contribution in [2.75, 3.05) is 19.6 Å². The van der Waals surface area contributed by atoms with Crippen molar-refractivity contribution in [1.29, 1.82) is 0 Å². The smallest absolute Gasteiger partial charge is 0.225 e. The van der Waals surface area contributed by atoms with E-state index in [-0.39, 0.29) is 23.2 Å². The van der Waals surface area contributed by atoms with E-state index in [2.05, 4.69) is 67.8 Å². The normalized spacial score (nSPS) is 20.1. The molecule has 0 unspecified atom stereocenters. The van der Waals surface area contributed by atoms with E-state index in [1.165, 1.54) is 16.7 Å². The number of carbonyl (C=O) groups is 1. The maximum Gasteiger partial charge on any atom is 0.225 e. The second kappa shape index (κ2) is 8.05. The van der Waals surface area contributed by atoms with Crippen LogP contribution in [-0.4, -0.2) is 25.5 Å². The fourth-order valence-corrected chi connectivity index (χ4v) is 3.64. The average Bonchev–Trinajstić information content (AvgIpc) is 3.12. The highest BCUT2D eigenvalue weighted by atomic mass is 16.1. The predicted molar refractivity (Wildman–Crippen MR) is 107 cm³/mol. The van der Waals surface area contributed by atoms with Crippen molar-refractivity contribution < 1.29 is 4.79 Å². The van der Waals surface area contributed by atoms with E-state index in [4.69, 9.17) is 0 Å². The number of carbonyl (C=O) groups excluding carboxylic acids is 1. The highest BCUT2D eigenvalue weighted by Crippen LogP contribution is 2.30. The van der Waals surface area contributed by atoms with Gasteiger partial charge in [0.15, 0.2) is 0 Å². The van der Waals surface area contributed by atoms with Crippen LogP contribution in [0.15, 0.2) is 54.6 Å². The Labute approximate surface area is 157 Å². The van der Waals surface area contributed by atoms with E-state index in [9.17, 15) is 4.79 Å². The standard InChI is InChI=1S/C23H30N2O/c1-23(2,3)19-11-9-18(10-12-19)20-15-24-16-21(20)22(26)25-14-13-17-7-5-4-6-8-17/h4-12,20-21,24H,13-16H2,1-3H3,(H,25,26)/t20-,21+/m0/s1. The van der Waals surface area contributed by atoms with Gasteiger partial charge in [0.1, 0.15) is 0 Å². The molecule has 0 aromatic heterocycles. The number of rotatable bonds is 5. The van der Waals surface area contributed by atoms with Crippen LogP contribution in [0.25, 0.3) is 0 Å². The summed E-state index contributed by atoms with van der Waals surface area (Å²) in [4.78, 5) is 12.7. The number of amides is 1. The zero-order valence-corrected chi connectivity index (χ0v) is 16.1. The Morgan fingerprint density at radius 2 is 1.73 bits per heavy atom. The maximum absolute atomic E-state index is 12.7. The summed E-state index contributed by atoms with van der Waals surface area (Å²) >= 11 is 0. The van der Waals surface area contributed by atoms with Crippen molar-refractivity contribution in [3.05, 3.63) is 71.3 Å². The Hall–Kier alpha value is -2.13. The highest BCUT2D eigenvalue weighted by Gasteiger charge is 2.33. The molecule has 1 aliphatic rings. The third-order valence-corrected chi connectivity index (χ3v) is 5.31. The zero-order chi connectivity index (χ0) is 18.6. The number of nitrogens with one attached hydrogen (secondary N) is 2. The van der Waals surface area contributed by atoms with Crippen LogP contribution in [0, 0.1) is 5.92 Å². The molecule has 0 aliphatic carbocycles. The van der Waals surface area contributed by atoms with Gasteiger partial charge >= 0.3 is 0 Å². The van der Waals surface area contributed by atoms with Crippen LogP contribution < -0.4 is 10.6 Å². The summed E-state index contributed by atoms with van der Waals surface area (Å²) in [5.41, 5.74) is 4.00. The molecule has 3 rings (SSSR count). The zero-order valence-electron chi connectivity index (χ0n) is 16.1. The molecule has 0 radical (unpaired) electrons. The molecule has 3 nitrogen and oxygen atoms in total. The Kier molecular flexibility index (Phi) is 5.77. The highest BCUT2D eigenvalue weighted by molar-refractivity contribution is 5.80. The monoisotopic (exact) mass is 350 g/mol. The number of benzene rings is 2. The molecule has 138 valence electrons. The summed E-state index contributed by atoms with van der Waals surface area (Å²) in [6.45, 7) is 8.98. The third-order valence-electron chi connectivity index (χ3n) is 5.31. The van der Waals surface area contributed by atoms with Gasteiger partial charge in [0.2, 0.25) is 5.91 Å². The molecule has 2 N–H and O–H groups in total. The first-order chi connectivity index (χ1) is 12.4. The second-order valence-corrected chi connectivity index (χ2v) is 8.27. The van der Waals surface area contributed by atoms with Gasteiger partial charge < -0.3 is 10.6 Å². The number of hydrogen-bond acceptors (Lipinski definition) is 2. The van der Waals surface area contributed by atoms with Crippen LogP contribution in [-0.2, 0) is 16.6 Å². The van der Waals surface area contributed by atoms with E-state index >= 15 is 0 Å². The van der Waals surface area contributed by atoms with Gasteiger partial charge in [-0.3, -0.25) is 4.79 Å². The average molecular weight is 351 g/mol. The summed E-state index contributed by atoms with van der Waals surface area (Å²) in [5, 5.41) is 6.52. The summed E-state index contributed by atoms with van der Waals surface area (Å²) < 4.78 is 0. The summed E-state index contributed by atoms with van der Waals surface area (Å²) in [7, 11) is 0. The molecule has 2 atom stereocenters. The maximum atomic E-state index is 12.7. The number of hydrogen-bond donors (Lipinski definition) is 2. The van der Waals surface area contributed by atoms with Gasteiger partial charge in [-0.2, -0.15) is 0 Å². The summed E-state index contributed by atoms with van der Waals surface area (Å²) in [5.74, 6) is 0.419. The topological polar surface area (TPSA) is 41.1 Å². The van der Waals surface area contributed by atoms with Crippen molar-refractivity contribution in [2.45, 2.75) is 38.5 Å². The molecule has 1 heterocycles. The Morgan fingerprint density at radius 3 is 2.38 bits per heavy atom. The van der Waals surface area contributed by atoms with Crippen LogP contribution in [0.4, 0.5) is 0 Å². The quantitative estimate of drug-likeness (QED) is 0.864. The molecule has 2 aromatic rings. The molecular weight excluding hydrogens is 320 g/mol. The van der Waals surface area contributed by atoms with Gasteiger partial charge in [-0.05, 0) is 28.5 Å². The van der Waals surface area contributed by atoms with Gasteiger partial charge in [0.25, 0.3) is 0 Å². The van der Waals surface area contributed by atoms with E-state index in [1.54, 1.807) is 0 Å². The molecule has 1 fully saturated rings. The van der Waals surface area contributed by atoms with Crippen LogP contribution >= 0.6 is 0 Å². The van der Waals surface area contributed by atoms with Gasteiger partial charge in [-0.15, -0.1) is 0 Å². The van der Waals surface area contributed by atoms with E-state index < -0.39 is 0 Å². The lowest BCUT2D eigenvalue weighted by atomic mass is 9.83. The molecule has 2 aromatic carbocycles. The third kappa shape index (κ3) is 4.53. The molecule has 0 bridgehead atoms. The predicted octanol–water partition coefficient (Wildman–Crippen LogP) is 3.65. The van der Waals surface area contributed by atoms with Gasteiger partial charge in [-0.1, -0.05) is 75.4 Å².